The maximum atomic E-state index is 10.6. The van der Waals surface area contributed by atoms with Crippen LogP contribution in [0, 0.1) is 0 Å². The molecule has 0 saturated carbocycles. The van der Waals surface area contributed by atoms with E-state index in [1.165, 1.54) is 0 Å². The van der Waals surface area contributed by atoms with E-state index < -0.39 is 12.1 Å². The number of ether oxygens (including phenoxy) is 1. The summed E-state index contributed by atoms with van der Waals surface area (Å²) < 4.78 is 36.3. The number of carbonyl (C=O) groups is 2. The standard InChI is InChI=1S/C6H5Cl.C5H10O2.C2HF3O2/c7-6-4-2-1-3-5-6;1-3-5(6)7-4-2;3-2(4,5)1(6)7/h1-5H;3-4H2,1-2H3;(H,6,7). The number of alkyl halides is 3. The van der Waals surface area contributed by atoms with E-state index in [1.807, 2.05) is 30.3 Å². The molecule has 0 amide bonds. The fourth-order valence-electron chi connectivity index (χ4n) is 0.678. The summed E-state index contributed by atoms with van der Waals surface area (Å²) in [4.78, 5) is 19.1. The molecule has 0 bridgehead atoms. The Morgan fingerprint density at radius 2 is 1.62 bits per heavy atom. The van der Waals surface area contributed by atoms with Crippen molar-refractivity contribution >= 4 is 23.5 Å². The van der Waals surface area contributed by atoms with E-state index in [4.69, 9.17) is 21.5 Å². The number of hydrogen-bond donors (Lipinski definition) is 1. The molecule has 0 radical (unpaired) electrons. The third-order valence-corrected chi connectivity index (χ3v) is 1.82. The zero-order valence-electron chi connectivity index (χ0n) is 11.5. The zero-order chi connectivity index (χ0) is 16.9. The van der Waals surface area contributed by atoms with Crippen LogP contribution in [0.15, 0.2) is 30.3 Å². The summed E-state index contributed by atoms with van der Waals surface area (Å²) in [6.07, 6.45) is -4.60. The third kappa shape index (κ3) is 16.2. The van der Waals surface area contributed by atoms with E-state index in [-0.39, 0.29) is 5.97 Å². The molecule has 0 aliphatic rings. The Hall–Kier alpha value is -1.76. The first kappa shape index (κ1) is 21.5. The Morgan fingerprint density at radius 1 is 1.19 bits per heavy atom. The summed E-state index contributed by atoms with van der Waals surface area (Å²) in [5.74, 6) is -2.88. The van der Waals surface area contributed by atoms with E-state index in [1.54, 1.807) is 13.8 Å². The Bertz CT molecular complexity index is 408. The molecule has 0 aromatic heterocycles. The van der Waals surface area contributed by atoms with Gasteiger partial charge in [0.05, 0.1) is 6.61 Å². The first-order chi connectivity index (χ1) is 9.65. The van der Waals surface area contributed by atoms with Crippen molar-refractivity contribution in [3.05, 3.63) is 35.4 Å². The predicted molar refractivity (Wildman–Crippen MR) is 72.1 cm³/mol. The van der Waals surface area contributed by atoms with Crippen LogP contribution in [0.4, 0.5) is 13.2 Å². The van der Waals surface area contributed by atoms with Gasteiger partial charge in [0, 0.05) is 11.4 Å². The number of halogens is 4. The maximum absolute atomic E-state index is 10.6. The molecular formula is C13H16ClF3O4. The normalized spacial score (nSPS) is 9.43. The first-order valence-electron chi connectivity index (χ1n) is 5.81. The minimum Gasteiger partial charge on any atom is -0.475 e. The molecule has 0 unspecified atom stereocenters. The summed E-state index contributed by atoms with van der Waals surface area (Å²) in [6, 6.07) is 9.44. The van der Waals surface area contributed by atoms with Crippen LogP contribution in [0.3, 0.4) is 0 Å². The highest BCUT2D eigenvalue weighted by molar-refractivity contribution is 6.30. The highest BCUT2D eigenvalue weighted by Gasteiger charge is 2.38. The van der Waals surface area contributed by atoms with Gasteiger partial charge in [0.2, 0.25) is 0 Å². The quantitative estimate of drug-likeness (QED) is 0.835. The van der Waals surface area contributed by atoms with Gasteiger partial charge in [-0.1, -0.05) is 36.7 Å². The zero-order valence-corrected chi connectivity index (χ0v) is 12.2. The van der Waals surface area contributed by atoms with Crippen molar-refractivity contribution in [2.45, 2.75) is 26.4 Å². The number of carboxylic acids is 1. The molecule has 0 fully saturated rings. The number of benzene rings is 1. The molecule has 1 N–H and O–H groups in total. The van der Waals surface area contributed by atoms with Crippen molar-refractivity contribution in [3.63, 3.8) is 0 Å². The maximum Gasteiger partial charge on any atom is 0.490 e. The van der Waals surface area contributed by atoms with Gasteiger partial charge in [-0.05, 0) is 19.1 Å². The van der Waals surface area contributed by atoms with Gasteiger partial charge in [-0.2, -0.15) is 13.2 Å². The van der Waals surface area contributed by atoms with Gasteiger partial charge in [0.1, 0.15) is 0 Å². The van der Waals surface area contributed by atoms with Crippen molar-refractivity contribution in [3.8, 4) is 0 Å². The van der Waals surface area contributed by atoms with Crippen LogP contribution < -0.4 is 0 Å². The number of carbonyl (C=O) groups excluding carboxylic acids is 1. The minimum absolute atomic E-state index is 0.123. The number of aliphatic carboxylic acids is 1. The van der Waals surface area contributed by atoms with Crippen LogP contribution in [0.1, 0.15) is 20.3 Å². The molecule has 0 heterocycles. The van der Waals surface area contributed by atoms with Crippen LogP contribution in [0.2, 0.25) is 5.02 Å². The van der Waals surface area contributed by atoms with E-state index in [0.717, 1.165) is 5.02 Å². The molecule has 0 aliphatic heterocycles. The lowest BCUT2D eigenvalue weighted by Gasteiger charge is -1.93. The second-order valence-electron chi connectivity index (χ2n) is 3.26. The van der Waals surface area contributed by atoms with E-state index in [2.05, 4.69) is 4.74 Å². The van der Waals surface area contributed by atoms with Crippen molar-refractivity contribution in [2.75, 3.05) is 6.61 Å². The van der Waals surface area contributed by atoms with Crippen LogP contribution >= 0.6 is 11.6 Å². The molecule has 0 saturated heterocycles. The Kier molecular flexibility index (Phi) is 12.3. The highest BCUT2D eigenvalue weighted by atomic mass is 35.5. The monoisotopic (exact) mass is 328 g/mol. The SMILES string of the molecule is CCOC(=O)CC.Clc1ccccc1.O=C(O)C(F)(F)F. The number of esters is 1. The lowest BCUT2D eigenvalue weighted by molar-refractivity contribution is -0.192. The molecule has 120 valence electrons. The largest absolute Gasteiger partial charge is 0.490 e. The molecular weight excluding hydrogens is 313 g/mol. The fraction of sp³-hybridized carbons (Fsp3) is 0.385. The number of rotatable bonds is 2. The van der Waals surface area contributed by atoms with Crippen LogP contribution in [-0.4, -0.2) is 29.8 Å². The topological polar surface area (TPSA) is 63.6 Å². The Balaban J connectivity index is 0. The third-order valence-electron chi connectivity index (χ3n) is 1.57. The van der Waals surface area contributed by atoms with E-state index >= 15 is 0 Å². The summed E-state index contributed by atoms with van der Waals surface area (Å²) in [5.41, 5.74) is 0. The van der Waals surface area contributed by atoms with Crippen LogP contribution in [-0.2, 0) is 14.3 Å². The average molecular weight is 329 g/mol. The molecule has 0 atom stereocenters. The van der Waals surface area contributed by atoms with Crippen molar-refractivity contribution in [1.29, 1.82) is 0 Å². The van der Waals surface area contributed by atoms with E-state index in [9.17, 15) is 18.0 Å². The molecule has 0 spiro atoms. The summed E-state index contributed by atoms with van der Waals surface area (Å²) in [7, 11) is 0. The van der Waals surface area contributed by atoms with Gasteiger partial charge in [0.15, 0.2) is 0 Å². The molecule has 21 heavy (non-hydrogen) atoms. The van der Waals surface area contributed by atoms with Crippen molar-refractivity contribution in [2.24, 2.45) is 0 Å². The van der Waals surface area contributed by atoms with Gasteiger partial charge in [-0.3, -0.25) is 4.79 Å². The molecule has 0 aliphatic carbocycles. The highest BCUT2D eigenvalue weighted by Crippen LogP contribution is 2.13. The second kappa shape index (κ2) is 12.0. The average Bonchev–Trinajstić information content (AvgIpc) is 2.40. The predicted octanol–water partition coefficient (Wildman–Crippen LogP) is 3.93. The lowest BCUT2D eigenvalue weighted by Crippen LogP contribution is -2.21. The molecule has 8 heteroatoms. The number of hydrogen-bond acceptors (Lipinski definition) is 3. The summed E-state index contributed by atoms with van der Waals surface area (Å²) >= 11 is 5.54. The van der Waals surface area contributed by atoms with Crippen molar-refractivity contribution < 1.29 is 32.6 Å². The van der Waals surface area contributed by atoms with Gasteiger partial charge in [-0.15, -0.1) is 0 Å². The van der Waals surface area contributed by atoms with Crippen molar-refractivity contribution in [1.82, 2.24) is 0 Å². The smallest absolute Gasteiger partial charge is 0.475 e. The molecule has 1 aromatic carbocycles. The Morgan fingerprint density at radius 3 is 1.76 bits per heavy atom. The van der Waals surface area contributed by atoms with Gasteiger partial charge in [-0.25, -0.2) is 4.79 Å². The second-order valence-corrected chi connectivity index (χ2v) is 3.69. The molecule has 1 aromatic rings. The van der Waals surface area contributed by atoms with Gasteiger partial charge >= 0.3 is 18.1 Å². The first-order valence-corrected chi connectivity index (χ1v) is 6.19. The Labute approximate surface area is 125 Å². The van der Waals surface area contributed by atoms with Crippen LogP contribution in [0.25, 0.3) is 0 Å². The lowest BCUT2D eigenvalue weighted by atomic mass is 10.4. The van der Waals surface area contributed by atoms with Crippen LogP contribution in [0.5, 0.6) is 0 Å². The number of carboxylic acid groups (broad SMARTS) is 1. The molecule has 1 rings (SSSR count). The van der Waals surface area contributed by atoms with Gasteiger partial charge in [0.25, 0.3) is 0 Å². The molecule has 4 nitrogen and oxygen atoms in total. The summed E-state index contributed by atoms with van der Waals surface area (Å²) in [5, 5.41) is 7.92. The van der Waals surface area contributed by atoms with Gasteiger partial charge < -0.3 is 9.84 Å². The minimum atomic E-state index is -5.08. The van der Waals surface area contributed by atoms with E-state index in [0.29, 0.717) is 13.0 Å². The fourth-order valence-corrected chi connectivity index (χ4v) is 0.823. The summed E-state index contributed by atoms with van der Waals surface area (Å²) in [6.45, 7) is 4.07.